The Balaban J connectivity index is 1.87. The van der Waals surface area contributed by atoms with E-state index in [0.29, 0.717) is 26.1 Å². The Morgan fingerprint density at radius 2 is 2.04 bits per heavy atom. The van der Waals surface area contributed by atoms with E-state index in [1.807, 2.05) is 24.3 Å². The van der Waals surface area contributed by atoms with Crippen molar-refractivity contribution in [1.82, 2.24) is 9.62 Å². The van der Waals surface area contributed by atoms with E-state index in [0.717, 1.165) is 16.9 Å². The Bertz CT molecular complexity index is 877. The summed E-state index contributed by atoms with van der Waals surface area (Å²) in [5.74, 6) is -0.399. The first-order chi connectivity index (χ1) is 11.9. The molecule has 2 aromatic rings. The molecule has 1 atom stereocenters. The van der Waals surface area contributed by atoms with Gasteiger partial charge in [0.25, 0.3) is 5.91 Å². The van der Waals surface area contributed by atoms with Crippen molar-refractivity contribution in [3.63, 3.8) is 0 Å². The van der Waals surface area contributed by atoms with Crippen LogP contribution in [0.4, 0.5) is 0 Å². The Labute approximate surface area is 151 Å². The molecule has 0 bridgehead atoms. The smallest absolute Gasteiger partial charge is 0.263 e. The molecular weight excluding hydrogens is 358 g/mol. The standard InChI is InChI=1S/C17H21N3O3S2/c1-12(10-18)19-17(21)16-15(7-9-24-16)25(22,23)20-8-6-13-4-2-3-5-14(13)11-20/h2-5,7,9,12H,6,8,10-11,18H2,1H3,(H,19,21)/t12-/m0/s1. The molecule has 0 fully saturated rings. The van der Waals surface area contributed by atoms with Gasteiger partial charge in [0.1, 0.15) is 9.77 Å². The number of amides is 1. The lowest BCUT2D eigenvalue weighted by Gasteiger charge is -2.28. The predicted octanol–water partition coefficient (Wildman–Crippen LogP) is 1.57. The van der Waals surface area contributed by atoms with Gasteiger partial charge in [0, 0.05) is 25.7 Å². The molecule has 6 nitrogen and oxygen atoms in total. The third kappa shape index (κ3) is 3.62. The molecule has 134 valence electrons. The van der Waals surface area contributed by atoms with Crippen LogP contribution in [0.25, 0.3) is 0 Å². The van der Waals surface area contributed by atoms with E-state index in [4.69, 9.17) is 5.73 Å². The Morgan fingerprint density at radius 3 is 2.76 bits per heavy atom. The molecule has 8 heteroatoms. The van der Waals surface area contributed by atoms with Crippen LogP contribution in [-0.4, -0.2) is 37.8 Å². The van der Waals surface area contributed by atoms with E-state index >= 15 is 0 Å². The van der Waals surface area contributed by atoms with Crippen LogP contribution in [0, 0.1) is 0 Å². The molecule has 1 aliphatic heterocycles. The number of nitrogens with zero attached hydrogens (tertiary/aromatic N) is 1. The van der Waals surface area contributed by atoms with Gasteiger partial charge in [-0.2, -0.15) is 4.31 Å². The van der Waals surface area contributed by atoms with E-state index in [9.17, 15) is 13.2 Å². The van der Waals surface area contributed by atoms with Crippen LogP contribution in [0.3, 0.4) is 0 Å². The molecule has 0 spiro atoms. The molecule has 1 aromatic heterocycles. The molecule has 3 rings (SSSR count). The van der Waals surface area contributed by atoms with Crippen molar-refractivity contribution in [2.75, 3.05) is 13.1 Å². The number of carbonyl (C=O) groups is 1. The summed E-state index contributed by atoms with van der Waals surface area (Å²) in [5.41, 5.74) is 7.71. The predicted molar refractivity (Wildman–Crippen MR) is 98.0 cm³/mol. The second kappa shape index (κ2) is 7.25. The van der Waals surface area contributed by atoms with E-state index in [2.05, 4.69) is 5.32 Å². The first kappa shape index (κ1) is 18.1. The maximum atomic E-state index is 13.1. The van der Waals surface area contributed by atoms with Gasteiger partial charge in [0.05, 0.1) is 0 Å². The van der Waals surface area contributed by atoms with E-state index in [-0.39, 0.29) is 15.8 Å². The average molecular weight is 380 g/mol. The molecule has 3 N–H and O–H groups in total. The summed E-state index contributed by atoms with van der Waals surface area (Å²) < 4.78 is 27.6. The molecule has 0 radical (unpaired) electrons. The number of hydrogen-bond donors (Lipinski definition) is 2. The van der Waals surface area contributed by atoms with Crippen molar-refractivity contribution < 1.29 is 13.2 Å². The van der Waals surface area contributed by atoms with E-state index in [1.54, 1.807) is 12.3 Å². The summed E-state index contributed by atoms with van der Waals surface area (Å²) in [5, 5.41) is 4.36. The topological polar surface area (TPSA) is 92.5 Å². The third-order valence-corrected chi connectivity index (χ3v) is 7.21. The SMILES string of the molecule is C[C@@H](CN)NC(=O)c1sccc1S(=O)(=O)N1CCc2ccccc2C1. The van der Waals surface area contributed by atoms with Crippen molar-refractivity contribution in [3.05, 3.63) is 51.7 Å². The highest BCUT2D eigenvalue weighted by molar-refractivity contribution is 7.89. The van der Waals surface area contributed by atoms with Crippen LogP contribution in [0.1, 0.15) is 27.7 Å². The van der Waals surface area contributed by atoms with Crippen molar-refractivity contribution >= 4 is 27.3 Å². The fourth-order valence-electron chi connectivity index (χ4n) is 2.83. The number of sulfonamides is 1. The van der Waals surface area contributed by atoms with Gasteiger partial charge < -0.3 is 11.1 Å². The highest BCUT2D eigenvalue weighted by atomic mass is 32.2. The Morgan fingerprint density at radius 1 is 1.32 bits per heavy atom. The highest BCUT2D eigenvalue weighted by Gasteiger charge is 2.32. The van der Waals surface area contributed by atoms with Crippen molar-refractivity contribution in [3.8, 4) is 0 Å². The van der Waals surface area contributed by atoms with Gasteiger partial charge in [-0.05, 0) is 35.9 Å². The summed E-state index contributed by atoms with van der Waals surface area (Å²) in [6, 6.07) is 9.13. The Kier molecular flexibility index (Phi) is 5.24. The van der Waals surface area contributed by atoms with Crippen LogP contribution < -0.4 is 11.1 Å². The summed E-state index contributed by atoms with van der Waals surface area (Å²) >= 11 is 1.13. The molecule has 0 aliphatic carbocycles. The third-order valence-electron chi connectivity index (χ3n) is 4.28. The molecule has 1 aliphatic rings. The van der Waals surface area contributed by atoms with Gasteiger partial charge in [0.2, 0.25) is 10.0 Å². The fourth-order valence-corrected chi connectivity index (χ4v) is 5.55. The lowest BCUT2D eigenvalue weighted by atomic mass is 10.0. The van der Waals surface area contributed by atoms with Gasteiger partial charge in [-0.15, -0.1) is 11.3 Å². The number of rotatable bonds is 5. The van der Waals surface area contributed by atoms with Crippen LogP contribution in [-0.2, 0) is 23.0 Å². The van der Waals surface area contributed by atoms with Crippen molar-refractivity contribution in [1.29, 1.82) is 0 Å². The van der Waals surface area contributed by atoms with Crippen molar-refractivity contribution in [2.45, 2.75) is 30.8 Å². The molecule has 25 heavy (non-hydrogen) atoms. The molecule has 1 amide bonds. The molecule has 1 aromatic carbocycles. The maximum Gasteiger partial charge on any atom is 0.263 e. The van der Waals surface area contributed by atoms with Gasteiger partial charge >= 0.3 is 0 Å². The summed E-state index contributed by atoms with van der Waals surface area (Å²) in [6.07, 6.45) is 0.672. The average Bonchev–Trinajstić information content (AvgIpc) is 3.12. The second-order valence-corrected chi connectivity index (χ2v) is 8.90. The molecule has 0 saturated carbocycles. The quantitative estimate of drug-likeness (QED) is 0.825. The molecular formula is C17H21N3O3S2. The van der Waals surface area contributed by atoms with Crippen LogP contribution in [0.5, 0.6) is 0 Å². The summed E-state index contributed by atoms with van der Waals surface area (Å²) in [4.78, 5) is 12.7. The zero-order valence-corrected chi connectivity index (χ0v) is 15.6. The normalized spacial score (nSPS) is 16.2. The molecule has 2 heterocycles. The van der Waals surface area contributed by atoms with Gasteiger partial charge in [-0.3, -0.25) is 4.79 Å². The summed E-state index contributed by atoms with van der Waals surface area (Å²) in [7, 11) is -3.73. The number of fused-ring (bicyclic) bond motifs is 1. The highest BCUT2D eigenvalue weighted by Crippen LogP contribution is 2.29. The number of nitrogens with two attached hydrogens (primary N) is 1. The van der Waals surface area contributed by atoms with Crippen LogP contribution in [0.2, 0.25) is 0 Å². The minimum absolute atomic E-state index is 0.0682. The zero-order valence-electron chi connectivity index (χ0n) is 13.9. The summed E-state index contributed by atoms with van der Waals surface area (Å²) in [6.45, 7) is 2.81. The molecule has 0 unspecified atom stereocenters. The first-order valence-electron chi connectivity index (χ1n) is 8.09. The zero-order chi connectivity index (χ0) is 18.0. The van der Waals surface area contributed by atoms with E-state index < -0.39 is 15.9 Å². The van der Waals surface area contributed by atoms with Crippen molar-refractivity contribution in [2.24, 2.45) is 5.73 Å². The largest absolute Gasteiger partial charge is 0.348 e. The number of thiophene rings is 1. The van der Waals surface area contributed by atoms with Crippen LogP contribution >= 0.6 is 11.3 Å². The minimum Gasteiger partial charge on any atom is -0.348 e. The van der Waals surface area contributed by atoms with Gasteiger partial charge in [-0.25, -0.2) is 8.42 Å². The minimum atomic E-state index is -3.73. The van der Waals surface area contributed by atoms with E-state index in [1.165, 1.54) is 15.9 Å². The number of hydrogen-bond acceptors (Lipinski definition) is 5. The van der Waals surface area contributed by atoms with Crippen LogP contribution in [0.15, 0.2) is 40.6 Å². The lowest BCUT2D eigenvalue weighted by molar-refractivity contribution is 0.0942. The number of nitrogens with one attached hydrogen (secondary N) is 1. The first-order valence-corrected chi connectivity index (χ1v) is 10.4. The number of benzene rings is 1. The number of carbonyl (C=O) groups excluding carboxylic acids is 1. The van der Waals surface area contributed by atoms with Gasteiger partial charge in [0.15, 0.2) is 0 Å². The fraction of sp³-hybridized carbons (Fsp3) is 0.353. The lowest BCUT2D eigenvalue weighted by Crippen LogP contribution is -2.39. The molecule has 0 saturated heterocycles. The van der Waals surface area contributed by atoms with Gasteiger partial charge in [-0.1, -0.05) is 24.3 Å². The maximum absolute atomic E-state index is 13.1. The monoisotopic (exact) mass is 379 g/mol. The second-order valence-electron chi connectivity index (χ2n) is 6.08. The Hall–Kier alpha value is -1.74.